The lowest BCUT2D eigenvalue weighted by Crippen LogP contribution is -2.33. The van der Waals surface area contributed by atoms with Gasteiger partial charge in [-0.25, -0.2) is 15.0 Å². The van der Waals surface area contributed by atoms with Crippen molar-refractivity contribution in [3.63, 3.8) is 0 Å². The van der Waals surface area contributed by atoms with Crippen LogP contribution in [0.3, 0.4) is 0 Å². The van der Waals surface area contributed by atoms with Crippen LogP contribution in [-0.4, -0.2) is 26.6 Å². The third kappa shape index (κ3) is 4.92. The van der Waals surface area contributed by atoms with Crippen molar-refractivity contribution in [3.8, 4) is 10.4 Å². The Hall–Kier alpha value is -2.56. The van der Waals surface area contributed by atoms with Crippen LogP contribution in [0.5, 0.6) is 0 Å². The molecule has 3 aromatic rings. The fourth-order valence-electron chi connectivity index (χ4n) is 3.93. The first-order valence-corrected chi connectivity index (χ1v) is 11.2. The van der Waals surface area contributed by atoms with Crippen LogP contribution in [0.25, 0.3) is 10.4 Å². The molecule has 6 nitrogen and oxygen atoms in total. The maximum atomic E-state index is 12.9. The summed E-state index contributed by atoms with van der Waals surface area (Å²) >= 11 is 1.43. The van der Waals surface area contributed by atoms with Crippen molar-refractivity contribution in [2.75, 3.05) is 11.9 Å². The summed E-state index contributed by atoms with van der Waals surface area (Å²) in [4.78, 5) is 12.8. The largest absolute Gasteiger partial charge is 0.433 e. The van der Waals surface area contributed by atoms with Crippen LogP contribution in [0.15, 0.2) is 36.7 Å². The van der Waals surface area contributed by atoms with E-state index in [1.165, 1.54) is 11.3 Å². The van der Waals surface area contributed by atoms with Crippen molar-refractivity contribution in [3.05, 3.63) is 52.9 Å². The molecule has 2 aromatic heterocycles. The van der Waals surface area contributed by atoms with Crippen LogP contribution in [-0.2, 0) is 11.8 Å². The maximum absolute atomic E-state index is 12.9. The number of aromatic nitrogens is 3. The van der Waals surface area contributed by atoms with Gasteiger partial charge in [-0.3, -0.25) is 0 Å². The maximum Gasteiger partial charge on any atom is 0.433 e. The molecule has 1 fully saturated rings. The zero-order valence-electron chi connectivity index (χ0n) is 17.5. The number of nitrogens with zero attached hydrogens (tertiary/aromatic N) is 3. The number of rotatable bonds is 5. The number of aliphatic hydroxyl groups is 1. The quantitative estimate of drug-likeness (QED) is 0.492. The number of anilines is 2. The number of hydrogen-bond acceptors (Lipinski definition) is 7. The lowest BCUT2D eigenvalue weighted by atomic mass is 9.79. The Morgan fingerprint density at radius 2 is 1.97 bits per heavy atom. The summed E-state index contributed by atoms with van der Waals surface area (Å²) in [7, 11) is 0. The van der Waals surface area contributed by atoms with Crippen molar-refractivity contribution < 1.29 is 18.3 Å². The molecule has 170 valence electrons. The van der Waals surface area contributed by atoms with Crippen LogP contribution in [0.4, 0.5) is 24.8 Å². The van der Waals surface area contributed by atoms with Crippen molar-refractivity contribution >= 4 is 23.0 Å². The summed E-state index contributed by atoms with van der Waals surface area (Å²) in [5, 5.41) is 14.6. The predicted molar refractivity (Wildman–Crippen MR) is 118 cm³/mol. The molecular weight excluding hydrogens is 439 g/mol. The average Bonchev–Trinajstić information content (AvgIpc) is 3.25. The van der Waals surface area contributed by atoms with Crippen LogP contribution in [0.2, 0.25) is 0 Å². The Bertz CT molecular complexity index is 1090. The fraction of sp³-hybridized carbons (Fsp3) is 0.409. The molecule has 0 aliphatic heterocycles. The van der Waals surface area contributed by atoms with Gasteiger partial charge < -0.3 is 16.2 Å². The Morgan fingerprint density at radius 3 is 2.66 bits per heavy atom. The summed E-state index contributed by atoms with van der Waals surface area (Å²) in [6, 6.07) is 6.41. The van der Waals surface area contributed by atoms with Gasteiger partial charge in [-0.15, -0.1) is 11.3 Å². The van der Waals surface area contributed by atoms with Gasteiger partial charge in [-0.2, -0.15) is 13.2 Å². The number of halogens is 3. The number of thiazole rings is 1. The minimum atomic E-state index is -4.54. The Balaban J connectivity index is 1.56. The molecule has 1 saturated carbocycles. The third-order valence-electron chi connectivity index (χ3n) is 5.73. The number of aryl methyl sites for hydroxylation is 1. The summed E-state index contributed by atoms with van der Waals surface area (Å²) in [5.41, 5.74) is 6.14. The standard InChI is InChI=1S/C22H24F3N5OS/c1-13-8-15(10-16(9-13)29-20-27-7-4-18(30-20)22(23,24)25)17-12-28-19(32-17)21(31)5-2-14(11-26)3-6-21/h4,7-10,12,14,31H,2-3,5-6,11,26H2,1H3,(H,27,29,30). The molecule has 0 atom stereocenters. The van der Waals surface area contributed by atoms with E-state index in [0.717, 1.165) is 41.1 Å². The highest BCUT2D eigenvalue weighted by Crippen LogP contribution is 2.42. The first kappa shape index (κ1) is 22.6. The Labute approximate surface area is 187 Å². The van der Waals surface area contributed by atoms with Gasteiger partial charge >= 0.3 is 6.18 Å². The van der Waals surface area contributed by atoms with Gasteiger partial charge in [-0.1, -0.05) is 6.07 Å². The monoisotopic (exact) mass is 463 g/mol. The number of nitrogens with one attached hydrogen (secondary N) is 1. The molecule has 4 N–H and O–H groups in total. The van der Waals surface area contributed by atoms with E-state index in [1.54, 1.807) is 12.3 Å². The van der Waals surface area contributed by atoms with Crippen LogP contribution < -0.4 is 11.1 Å². The van der Waals surface area contributed by atoms with E-state index >= 15 is 0 Å². The molecule has 1 aromatic carbocycles. The number of nitrogens with two attached hydrogens (primary N) is 1. The summed E-state index contributed by atoms with van der Waals surface area (Å²) in [6.07, 6.45) is 1.27. The highest BCUT2D eigenvalue weighted by atomic mass is 32.1. The lowest BCUT2D eigenvalue weighted by molar-refractivity contribution is -0.141. The second kappa shape index (κ2) is 8.76. The number of alkyl halides is 3. The first-order valence-electron chi connectivity index (χ1n) is 10.3. The van der Waals surface area contributed by atoms with Gasteiger partial charge in [-0.05, 0) is 74.4 Å². The van der Waals surface area contributed by atoms with Crippen molar-refractivity contribution in [1.82, 2.24) is 15.0 Å². The molecule has 1 aliphatic rings. The second-order valence-corrected chi connectivity index (χ2v) is 9.25. The van der Waals surface area contributed by atoms with Gasteiger partial charge in [0.15, 0.2) is 0 Å². The smallest absolute Gasteiger partial charge is 0.383 e. The first-order chi connectivity index (χ1) is 15.2. The number of hydrogen-bond donors (Lipinski definition) is 3. The van der Waals surface area contributed by atoms with Gasteiger partial charge in [0.25, 0.3) is 0 Å². The topological polar surface area (TPSA) is 97.0 Å². The zero-order valence-corrected chi connectivity index (χ0v) is 18.3. The van der Waals surface area contributed by atoms with Gasteiger partial charge in [0.2, 0.25) is 5.95 Å². The molecule has 0 saturated heterocycles. The molecule has 0 spiro atoms. The van der Waals surface area contributed by atoms with Crippen LogP contribution in [0, 0.1) is 12.8 Å². The van der Waals surface area contributed by atoms with Gasteiger partial charge in [0.1, 0.15) is 16.3 Å². The Morgan fingerprint density at radius 1 is 1.22 bits per heavy atom. The molecule has 32 heavy (non-hydrogen) atoms. The van der Waals surface area contributed by atoms with E-state index in [4.69, 9.17) is 5.73 Å². The summed E-state index contributed by atoms with van der Waals surface area (Å²) < 4.78 is 38.8. The van der Waals surface area contributed by atoms with Crippen molar-refractivity contribution in [2.24, 2.45) is 11.7 Å². The minimum absolute atomic E-state index is 0.132. The van der Waals surface area contributed by atoms with E-state index in [1.807, 2.05) is 19.1 Å². The molecule has 10 heteroatoms. The number of benzene rings is 1. The fourth-order valence-corrected chi connectivity index (χ4v) is 4.98. The summed E-state index contributed by atoms with van der Waals surface area (Å²) in [5.74, 6) is 0.311. The van der Waals surface area contributed by atoms with E-state index < -0.39 is 17.5 Å². The minimum Gasteiger partial charge on any atom is -0.383 e. The van der Waals surface area contributed by atoms with Gasteiger partial charge in [0, 0.05) is 18.1 Å². The Kier molecular flexibility index (Phi) is 6.19. The van der Waals surface area contributed by atoms with Crippen LogP contribution in [0.1, 0.15) is 41.9 Å². The predicted octanol–water partition coefficient (Wildman–Crippen LogP) is 5.01. The highest BCUT2D eigenvalue weighted by molar-refractivity contribution is 7.15. The molecule has 2 heterocycles. The molecule has 0 amide bonds. The molecule has 0 bridgehead atoms. The SMILES string of the molecule is Cc1cc(Nc2nccc(C(F)(F)F)n2)cc(-c2cnc(C3(O)CCC(CN)CC3)s2)c1. The van der Waals surface area contributed by atoms with E-state index in [0.29, 0.717) is 36.0 Å². The summed E-state index contributed by atoms with van der Waals surface area (Å²) in [6.45, 7) is 2.53. The molecular formula is C22H24F3N5OS. The van der Waals surface area contributed by atoms with Gasteiger partial charge in [0.05, 0.1) is 4.88 Å². The average molecular weight is 464 g/mol. The molecule has 0 unspecified atom stereocenters. The van der Waals surface area contributed by atoms with E-state index in [2.05, 4.69) is 20.3 Å². The zero-order chi connectivity index (χ0) is 22.9. The third-order valence-corrected chi connectivity index (χ3v) is 6.97. The molecule has 4 rings (SSSR count). The van der Waals surface area contributed by atoms with Crippen molar-refractivity contribution in [1.29, 1.82) is 0 Å². The molecule has 0 radical (unpaired) electrons. The highest BCUT2D eigenvalue weighted by Gasteiger charge is 2.37. The normalized spacial score (nSPS) is 21.5. The molecule has 1 aliphatic carbocycles. The van der Waals surface area contributed by atoms with E-state index in [9.17, 15) is 18.3 Å². The second-order valence-electron chi connectivity index (χ2n) is 8.22. The van der Waals surface area contributed by atoms with E-state index in [-0.39, 0.29) is 5.95 Å². The van der Waals surface area contributed by atoms with Crippen LogP contribution >= 0.6 is 11.3 Å². The van der Waals surface area contributed by atoms with Crippen molar-refractivity contribution in [2.45, 2.75) is 44.4 Å². The lowest BCUT2D eigenvalue weighted by Gasteiger charge is -2.34.